The van der Waals surface area contributed by atoms with Gasteiger partial charge in [0.05, 0.1) is 30.8 Å². The Hall–Kier alpha value is -3.38. The summed E-state index contributed by atoms with van der Waals surface area (Å²) in [6.07, 6.45) is -0.909. The Bertz CT molecular complexity index is 1290. The fraction of sp³-hybridized carbons (Fsp3) is 0.538. The van der Waals surface area contributed by atoms with Crippen LogP contribution >= 0.6 is 0 Å². The van der Waals surface area contributed by atoms with E-state index in [1.165, 1.54) is 4.57 Å². The van der Waals surface area contributed by atoms with Gasteiger partial charge in [0, 0.05) is 51.3 Å². The molecule has 38 heavy (non-hydrogen) atoms. The summed E-state index contributed by atoms with van der Waals surface area (Å²) in [4.78, 5) is 30.3. The molecule has 3 saturated heterocycles. The topological polar surface area (TPSA) is 94.8 Å². The highest BCUT2D eigenvalue weighted by molar-refractivity contribution is 5.79. The van der Waals surface area contributed by atoms with Crippen molar-refractivity contribution >= 4 is 22.9 Å². The first-order chi connectivity index (χ1) is 18.6. The molecule has 0 N–H and O–H groups in total. The highest BCUT2D eigenvalue weighted by Crippen LogP contribution is 2.30. The van der Waals surface area contributed by atoms with Crippen molar-refractivity contribution in [1.82, 2.24) is 24.4 Å². The predicted octanol–water partition coefficient (Wildman–Crippen LogP) is 3.00. The van der Waals surface area contributed by atoms with Crippen molar-refractivity contribution in [3.05, 3.63) is 36.2 Å². The number of halogens is 2. The predicted molar refractivity (Wildman–Crippen MR) is 134 cm³/mol. The third-order valence-electron chi connectivity index (χ3n) is 7.30. The fourth-order valence-corrected chi connectivity index (χ4v) is 5.31. The third-order valence-corrected chi connectivity index (χ3v) is 7.30. The number of hydrogen-bond donors (Lipinski definition) is 0. The standard InChI is InChI=1S/C26H30F2N6O4/c27-23(28)24-29-19-3-1-2-4-20(19)34(24)21-15-22(31-26(30-21)32-9-13-37-14-10-32)38-18-5-8-33(16-18)25(35)17-6-11-36-12-7-17/h1-4,15,17-18,23H,5-14,16H2/t18-/m0/s1. The number of ether oxygens (including phenoxy) is 3. The van der Waals surface area contributed by atoms with E-state index in [-0.39, 0.29) is 29.6 Å². The smallest absolute Gasteiger partial charge is 0.296 e. The summed E-state index contributed by atoms with van der Waals surface area (Å²) in [5.41, 5.74) is 0.976. The molecule has 10 nitrogen and oxygen atoms in total. The number of benzene rings is 1. The number of aromatic nitrogens is 4. The van der Waals surface area contributed by atoms with E-state index < -0.39 is 12.2 Å². The lowest BCUT2D eigenvalue weighted by Gasteiger charge is -2.28. The van der Waals surface area contributed by atoms with Crippen LogP contribution in [0.2, 0.25) is 0 Å². The van der Waals surface area contributed by atoms with E-state index >= 15 is 0 Å². The van der Waals surface area contributed by atoms with Gasteiger partial charge in [-0.15, -0.1) is 0 Å². The van der Waals surface area contributed by atoms with E-state index in [9.17, 15) is 13.6 Å². The molecule has 0 spiro atoms. The Kier molecular flexibility index (Phi) is 7.07. The maximum atomic E-state index is 14.1. The highest BCUT2D eigenvalue weighted by atomic mass is 19.3. The first kappa shape index (κ1) is 24.9. The number of para-hydroxylation sites is 2. The molecule has 0 aliphatic carbocycles. The molecule has 3 aliphatic heterocycles. The maximum absolute atomic E-state index is 14.1. The number of likely N-dealkylation sites (tertiary alicyclic amines) is 1. The van der Waals surface area contributed by atoms with Crippen molar-refractivity contribution in [2.45, 2.75) is 31.8 Å². The van der Waals surface area contributed by atoms with E-state index in [0.29, 0.717) is 76.0 Å². The van der Waals surface area contributed by atoms with Crippen molar-refractivity contribution in [1.29, 1.82) is 0 Å². The van der Waals surface area contributed by atoms with Crippen molar-refractivity contribution < 1.29 is 27.8 Å². The fourth-order valence-electron chi connectivity index (χ4n) is 5.31. The van der Waals surface area contributed by atoms with Crippen molar-refractivity contribution in [3.8, 4) is 11.7 Å². The van der Waals surface area contributed by atoms with Crippen LogP contribution in [0.5, 0.6) is 5.88 Å². The molecule has 0 saturated carbocycles. The van der Waals surface area contributed by atoms with Gasteiger partial charge in [0.1, 0.15) is 11.9 Å². The maximum Gasteiger partial charge on any atom is 0.296 e. The molecule has 3 aliphatic rings. The number of imidazole rings is 1. The summed E-state index contributed by atoms with van der Waals surface area (Å²) in [6, 6.07) is 8.55. The zero-order chi connectivity index (χ0) is 26.1. The van der Waals surface area contributed by atoms with Gasteiger partial charge in [0.15, 0.2) is 5.82 Å². The molecule has 202 valence electrons. The van der Waals surface area contributed by atoms with Gasteiger partial charge >= 0.3 is 0 Å². The Balaban J connectivity index is 1.30. The van der Waals surface area contributed by atoms with Crippen molar-refractivity contribution in [2.24, 2.45) is 5.92 Å². The van der Waals surface area contributed by atoms with E-state index in [1.54, 1.807) is 30.3 Å². The summed E-state index contributed by atoms with van der Waals surface area (Å²) < 4.78 is 46.7. The number of hydrogen-bond acceptors (Lipinski definition) is 8. The van der Waals surface area contributed by atoms with Crippen LogP contribution in [0.25, 0.3) is 16.9 Å². The SMILES string of the molecule is O=C(C1CCOCC1)N1CC[C@H](Oc2cc(-n3c(C(F)F)nc4ccccc43)nc(N3CCOCC3)n2)C1. The quantitative estimate of drug-likeness (QED) is 0.482. The zero-order valence-electron chi connectivity index (χ0n) is 21.0. The molecular weight excluding hydrogens is 498 g/mol. The molecule has 2 aromatic heterocycles. The molecule has 0 bridgehead atoms. The second-order valence-corrected chi connectivity index (χ2v) is 9.76. The number of nitrogens with zero attached hydrogens (tertiary/aromatic N) is 6. The number of rotatable bonds is 6. The number of anilines is 1. The molecule has 6 rings (SSSR count). The molecule has 1 amide bonds. The summed E-state index contributed by atoms with van der Waals surface area (Å²) in [5.74, 6) is 0.657. The van der Waals surface area contributed by atoms with Gasteiger partial charge in [-0.05, 0) is 25.0 Å². The van der Waals surface area contributed by atoms with E-state index in [0.717, 1.165) is 12.8 Å². The van der Waals surface area contributed by atoms with Crippen LogP contribution in [0.15, 0.2) is 30.3 Å². The van der Waals surface area contributed by atoms with Gasteiger partial charge in [0.25, 0.3) is 6.43 Å². The Morgan fingerprint density at radius 3 is 2.53 bits per heavy atom. The van der Waals surface area contributed by atoms with Gasteiger partial charge in [-0.2, -0.15) is 9.97 Å². The average Bonchev–Trinajstić information content (AvgIpc) is 3.58. The van der Waals surface area contributed by atoms with Gasteiger partial charge in [-0.25, -0.2) is 13.8 Å². The minimum atomic E-state index is -2.80. The summed E-state index contributed by atoms with van der Waals surface area (Å²) in [5, 5.41) is 0. The van der Waals surface area contributed by atoms with Crippen molar-refractivity contribution in [3.63, 3.8) is 0 Å². The molecule has 0 radical (unpaired) electrons. The summed E-state index contributed by atoms with van der Waals surface area (Å²) in [7, 11) is 0. The number of morpholine rings is 1. The lowest BCUT2D eigenvalue weighted by molar-refractivity contribution is -0.137. The molecule has 1 atom stereocenters. The minimum absolute atomic E-state index is 0.0108. The number of carbonyl (C=O) groups excluding carboxylic acids is 1. The molecular formula is C26H30F2N6O4. The van der Waals surface area contributed by atoms with Crippen LogP contribution in [-0.2, 0) is 14.3 Å². The second-order valence-electron chi connectivity index (χ2n) is 9.76. The Morgan fingerprint density at radius 1 is 0.974 bits per heavy atom. The normalized spacial score (nSPS) is 21.0. The van der Waals surface area contributed by atoms with E-state index in [4.69, 9.17) is 14.2 Å². The van der Waals surface area contributed by atoms with Crippen LogP contribution in [0, 0.1) is 5.92 Å². The lowest BCUT2D eigenvalue weighted by Crippen LogP contribution is -2.38. The molecule has 5 heterocycles. The number of carbonyl (C=O) groups is 1. The van der Waals surface area contributed by atoms with Gasteiger partial charge < -0.3 is 24.0 Å². The Labute approximate surface area is 218 Å². The first-order valence-electron chi connectivity index (χ1n) is 13.1. The second kappa shape index (κ2) is 10.8. The van der Waals surface area contributed by atoms with Gasteiger partial charge in [-0.3, -0.25) is 9.36 Å². The van der Waals surface area contributed by atoms with E-state index in [1.807, 2.05) is 9.80 Å². The monoisotopic (exact) mass is 528 g/mol. The lowest BCUT2D eigenvalue weighted by atomic mass is 9.99. The molecule has 1 aromatic carbocycles. The third kappa shape index (κ3) is 5.02. The minimum Gasteiger partial charge on any atom is -0.472 e. The number of fused-ring (bicyclic) bond motifs is 1. The molecule has 3 aromatic rings. The van der Waals surface area contributed by atoms with Crippen LogP contribution < -0.4 is 9.64 Å². The van der Waals surface area contributed by atoms with Crippen LogP contribution in [-0.4, -0.2) is 89.0 Å². The number of alkyl halides is 2. The van der Waals surface area contributed by atoms with Crippen molar-refractivity contribution in [2.75, 3.05) is 57.5 Å². The zero-order valence-corrected chi connectivity index (χ0v) is 21.0. The van der Waals surface area contributed by atoms with Crippen LogP contribution in [0.4, 0.5) is 14.7 Å². The highest BCUT2D eigenvalue weighted by Gasteiger charge is 2.33. The Morgan fingerprint density at radius 2 is 1.74 bits per heavy atom. The van der Waals surface area contributed by atoms with Crippen LogP contribution in [0.3, 0.4) is 0 Å². The van der Waals surface area contributed by atoms with Gasteiger partial charge in [0.2, 0.25) is 17.7 Å². The summed E-state index contributed by atoms with van der Waals surface area (Å²) >= 11 is 0. The first-order valence-corrected chi connectivity index (χ1v) is 13.1. The van der Waals surface area contributed by atoms with Gasteiger partial charge in [-0.1, -0.05) is 12.1 Å². The molecule has 0 unspecified atom stereocenters. The molecule has 3 fully saturated rings. The van der Waals surface area contributed by atoms with Crippen LogP contribution in [0.1, 0.15) is 31.5 Å². The average molecular weight is 529 g/mol. The molecule has 12 heteroatoms. The largest absolute Gasteiger partial charge is 0.472 e. The summed E-state index contributed by atoms with van der Waals surface area (Å²) in [6.45, 7) is 4.48. The van der Waals surface area contributed by atoms with E-state index in [2.05, 4.69) is 15.0 Å². The number of amides is 1.